The predicted octanol–water partition coefficient (Wildman–Crippen LogP) is 4.93. The number of thioether (sulfide) groups is 1. The van der Waals surface area contributed by atoms with Crippen molar-refractivity contribution in [3.8, 4) is 6.07 Å². The normalized spacial score (nSPS) is 13.0. The molecule has 2 heterocycles. The molecule has 140 valence electrons. The largest absolute Gasteiger partial charge is 0.328 e. The molecule has 5 nitrogen and oxygen atoms in total. The van der Waals surface area contributed by atoms with Crippen LogP contribution in [-0.2, 0) is 4.79 Å². The lowest BCUT2D eigenvalue weighted by Crippen LogP contribution is -2.26. The van der Waals surface area contributed by atoms with Gasteiger partial charge in [-0.3, -0.25) is 4.79 Å². The summed E-state index contributed by atoms with van der Waals surface area (Å²) in [6.45, 7) is 0. The van der Waals surface area contributed by atoms with Gasteiger partial charge in [-0.05, 0) is 30.3 Å². The van der Waals surface area contributed by atoms with Gasteiger partial charge in [-0.2, -0.15) is 5.26 Å². The van der Waals surface area contributed by atoms with Crippen molar-refractivity contribution < 1.29 is 4.79 Å². The maximum absolute atomic E-state index is 12.8. The molecule has 2 aromatic carbocycles. The number of hydrogen-bond donors (Lipinski definition) is 0. The molecule has 4 rings (SSSR count). The quantitative estimate of drug-likeness (QED) is 0.335. The number of Topliss-reactive ketones (excluding diaryl/α,β-unsaturated/α-hetero) is 1. The summed E-state index contributed by atoms with van der Waals surface area (Å²) in [5.74, 6) is 0.537. The van der Waals surface area contributed by atoms with Gasteiger partial charge >= 0.3 is 0 Å². The first-order valence-corrected chi connectivity index (χ1v) is 10.6. The molecule has 1 aliphatic heterocycles. The Labute approximate surface area is 175 Å². The Morgan fingerprint density at radius 1 is 1.21 bits per heavy atom. The number of rotatable bonds is 4. The van der Waals surface area contributed by atoms with Gasteiger partial charge in [0.25, 0.3) is 0 Å². The van der Waals surface area contributed by atoms with Gasteiger partial charge in [-0.1, -0.05) is 35.5 Å². The summed E-state index contributed by atoms with van der Waals surface area (Å²) in [6, 6.07) is 15.5. The average molecular weight is 427 g/mol. The van der Waals surface area contributed by atoms with Crippen LogP contribution in [0.2, 0.25) is 5.02 Å². The molecule has 8 heteroatoms. The van der Waals surface area contributed by atoms with E-state index in [1.807, 2.05) is 66.4 Å². The highest BCUT2D eigenvalue weighted by Gasteiger charge is 2.31. The summed E-state index contributed by atoms with van der Waals surface area (Å²) in [4.78, 5) is 21.1. The Hall–Kier alpha value is -2.53. The number of thiazole rings is 1. The van der Waals surface area contributed by atoms with Crippen LogP contribution in [0.15, 0.2) is 58.2 Å². The van der Waals surface area contributed by atoms with E-state index >= 15 is 0 Å². The highest BCUT2D eigenvalue weighted by molar-refractivity contribution is 8.01. The van der Waals surface area contributed by atoms with E-state index in [-0.39, 0.29) is 17.1 Å². The van der Waals surface area contributed by atoms with Crippen LogP contribution in [0.5, 0.6) is 0 Å². The van der Waals surface area contributed by atoms with E-state index in [1.165, 1.54) is 23.1 Å². The number of benzene rings is 2. The summed E-state index contributed by atoms with van der Waals surface area (Å²) in [5, 5.41) is 10.3. The zero-order chi connectivity index (χ0) is 19.8. The highest BCUT2D eigenvalue weighted by Crippen LogP contribution is 2.40. The number of carbonyl (C=O) groups is 1. The molecule has 0 N–H and O–H groups in total. The third-order valence-corrected chi connectivity index (χ3v) is 6.93. The third-order valence-electron chi connectivity index (χ3n) is 4.51. The SMILES string of the molecule is CN1C(=C(C#N)C(=O)CSc2nc3cc(Cl)ccc3s2)N(C)c2ccccc21. The number of para-hydroxylation sites is 2. The Balaban J connectivity index is 1.58. The van der Waals surface area contributed by atoms with Crippen LogP contribution in [0, 0.1) is 11.3 Å². The fourth-order valence-corrected chi connectivity index (χ4v) is 5.29. The van der Waals surface area contributed by atoms with Gasteiger partial charge in [-0.15, -0.1) is 11.3 Å². The first-order chi connectivity index (χ1) is 13.5. The number of anilines is 2. The minimum atomic E-state index is -0.216. The molecule has 0 unspecified atom stereocenters. The molecule has 0 fully saturated rings. The lowest BCUT2D eigenvalue weighted by molar-refractivity contribution is -0.112. The van der Waals surface area contributed by atoms with Crippen LogP contribution in [0.1, 0.15) is 0 Å². The van der Waals surface area contributed by atoms with Crippen molar-refractivity contribution in [1.29, 1.82) is 5.26 Å². The third kappa shape index (κ3) is 3.24. The number of hydrogen-bond acceptors (Lipinski definition) is 7. The van der Waals surface area contributed by atoms with E-state index in [9.17, 15) is 10.1 Å². The number of fused-ring (bicyclic) bond motifs is 2. The maximum Gasteiger partial charge on any atom is 0.187 e. The van der Waals surface area contributed by atoms with Crippen LogP contribution in [-0.4, -0.2) is 30.6 Å². The Bertz CT molecular complexity index is 1130. The van der Waals surface area contributed by atoms with Crippen molar-refractivity contribution in [1.82, 2.24) is 4.98 Å². The molecule has 0 saturated heterocycles. The van der Waals surface area contributed by atoms with Crippen molar-refractivity contribution in [2.45, 2.75) is 4.34 Å². The van der Waals surface area contributed by atoms with Crippen LogP contribution in [0.4, 0.5) is 11.4 Å². The zero-order valence-corrected chi connectivity index (χ0v) is 17.5. The molecule has 3 aromatic rings. The van der Waals surface area contributed by atoms with Gasteiger partial charge in [-0.25, -0.2) is 4.98 Å². The molecule has 0 amide bonds. The summed E-state index contributed by atoms with van der Waals surface area (Å²) in [5.41, 5.74) is 2.90. The van der Waals surface area contributed by atoms with Crippen LogP contribution in [0.3, 0.4) is 0 Å². The molecule has 1 aromatic heterocycles. The molecule has 0 radical (unpaired) electrons. The van der Waals surface area contributed by atoms with E-state index in [2.05, 4.69) is 11.1 Å². The van der Waals surface area contributed by atoms with Crippen molar-refractivity contribution in [2.75, 3.05) is 29.6 Å². The fourth-order valence-electron chi connectivity index (χ4n) is 3.20. The second-order valence-corrected chi connectivity index (χ2v) is 8.91. The summed E-state index contributed by atoms with van der Waals surface area (Å²) in [7, 11) is 3.74. The number of nitriles is 1. The number of aromatic nitrogens is 1. The molecule has 0 aliphatic carbocycles. The van der Waals surface area contributed by atoms with Crippen LogP contribution >= 0.6 is 34.7 Å². The summed E-state index contributed by atoms with van der Waals surface area (Å²) < 4.78 is 1.80. The summed E-state index contributed by atoms with van der Waals surface area (Å²) in [6.07, 6.45) is 0. The minimum absolute atomic E-state index is 0.151. The molecular formula is C20H15ClN4OS2. The molecular weight excluding hydrogens is 412 g/mol. The lowest BCUT2D eigenvalue weighted by Gasteiger charge is -2.19. The predicted molar refractivity (Wildman–Crippen MR) is 116 cm³/mol. The van der Waals surface area contributed by atoms with E-state index in [0.29, 0.717) is 10.8 Å². The Morgan fingerprint density at radius 3 is 2.54 bits per heavy atom. The zero-order valence-electron chi connectivity index (χ0n) is 15.1. The number of halogens is 1. The van der Waals surface area contributed by atoms with Crippen molar-refractivity contribution in [3.63, 3.8) is 0 Å². The molecule has 0 atom stereocenters. The fraction of sp³-hybridized carbons (Fsp3) is 0.150. The minimum Gasteiger partial charge on any atom is -0.328 e. The number of allylic oxidation sites excluding steroid dienone is 1. The van der Waals surface area contributed by atoms with Crippen molar-refractivity contribution >= 4 is 62.1 Å². The highest BCUT2D eigenvalue weighted by atomic mass is 35.5. The first kappa shape index (κ1) is 18.8. The van der Waals surface area contributed by atoms with E-state index in [1.54, 1.807) is 0 Å². The van der Waals surface area contributed by atoms with Crippen molar-refractivity contribution in [2.24, 2.45) is 0 Å². The summed E-state index contributed by atoms with van der Waals surface area (Å²) >= 11 is 8.86. The van der Waals surface area contributed by atoms with E-state index < -0.39 is 0 Å². The second-order valence-electron chi connectivity index (χ2n) is 6.22. The Kier molecular flexibility index (Phi) is 5.02. The standard InChI is InChI=1S/C20H15ClN4OS2/c1-24-15-5-3-4-6-16(15)25(2)19(24)13(10-22)17(26)11-27-20-23-14-9-12(21)7-8-18(14)28-20/h3-9H,11H2,1-2H3. The molecule has 28 heavy (non-hydrogen) atoms. The Morgan fingerprint density at radius 2 is 1.89 bits per heavy atom. The van der Waals surface area contributed by atoms with Gasteiger partial charge in [0, 0.05) is 19.1 Å². The van der Waals surface area contributed by atoms with Gasteiger partial charge < -0.3 is 9.80 Å². The van der Waals surface area contributed by atoms with Gasteiger partial charge in [0.15, 0.2) is 10.1 Å². The van der Waals surface area contributed by atoms with E-state index in [4.69, 9.17) is 11.6 Å². The molecule has 0 spiro atoms. The van der Waals surface area contributed by atoms with Gasteiger partial charge in [0.05, 0.1) is 27.3 Å². The van der Waals surface area contributed by atoms with Crippen LogP contribution < -0.4 is 9.80 Å². The van der Waals surface area contributed by atoms with Gasteiger partial charge in [0.1, 0.15) is 17.5 Å². The number of carbonyl (C=O) groups excluding carboxylic acids is 1. The lowest BCUT2D eigenvalue weighted by atomic mass is 10.2. The smallest absolute Gasteiger partial charge is 0.187 e. The number of nitrogens with zero attached hydrogens (tertiary/aromatic N) is 4. The van der Waals surface area contributed by atoms with Crippen molar-refractivity contribution in [3.05, 3.63) is 58.9 Å². The van der Waals surface area contributed by atoms with Gasteiger partial charge in [0.2, 0.25) is 0 Å². The van der Waals surface area contributed by atoms with Crippen LogP contribution in [0.25, 0.3) is 10.2 Å². The molecule has 0 bridgehead atoms. The first-order valence-electron chi connectivity index (χ1n) is 8.42. The maximum atomic E-state index is 12.8. The molecule has 0 saturated carbocycles. The number of ketones is 1. The second kappa shape index (κ2) is 7.47. The monoisotopic (exact) mass is 426 g/mol. The topological polar surface area (TPSA) is 60.2 Å². The van der Waals surface area contributed by atoms with E-state index in [0.717, 1.165) is 25.9 Å². The molecule has 1 aliphatic rings. The average Bonchev–Trinajstić information content (AvgIpc) is 3.21.